The molecule has 0 amide bonds. The molecule has 2 aromatic rings. The van der Waals surface area contributed by atoms with E-state index in [0.29, 0.717) is 5.92 Å². The third-order valence-corrected chi connectivity index (χ3v) is 4.83. The predicted octanol–water partition coefficient (Wildman–Crippen LogP) is 4.16. The lowest BCUT2D eigenvalue weighted by Gasteiger charge is -2.27. The average molecular weight is 272 g/mol. The number of hydrogen-bond donors (Lipinski definition) is 1. The van der Waals surface area contributed by atoms with Crippen LogP contribution in [0.5, 0.6) is 0 Å². The minimum absolute atomic E-state index is 0.217. The fraction of sp³-hybridized carbons (Fsp3) is 0.412. The summed E-state index contributed by atoms with van der Waals surface area (Å²) in [7, 11) is 0. The standard InChI is InChI=1S/C17H20OS/c18-16(10-13-8-9-19-12-13)11-15-6-3-5-14-4-1-2-7-17(14)15/h1-2,4,7-9,12,15-16,18H,3,5-6,10-11H2. The van der Waals surface area contributed by atoms with E-state index in [1.165, 1.54) is 36.0 Å². The molecule has 1 N–H and O–H groups in total. The first-order chi connectivity index (χ1) is 9.33. The maximum absolute atomic E-state index is 10.3. The van der Waals surface area contributed by atoms with Crippen LogP contribution in [-0.2, 0) is 12.8 Å². The molecule has 0 radical (unpaired) electrons. The Balaban J connectivity index is 1.67. The summed E-state index contributed by atoms with van der Waals surface area (Å²) in [6.45, 7) is 0. The largest absolute Gasteiger partial charge is 0.393 e. The lowest BCUT2D eigenvalue weighted by molar-refractivity contribution is 0.152. The molecule has 1 aliphatic carbocycles. The van der Waals surface area contributed by atoms with Gasteiger partial charge in [-0.15, -0.1) is 0 Å². The summed E-state index contributed by atoms with van der Waals surface area (Å²) in [5.41, 5.74) is 4.22. The monoisotopic (exact) mass is 272 g/mol. The molecule has 1 aromatic carbocycles. The van der Waals surface area contributed by atoms with Crippen LogP contribution in [0, 0.1) is 0 Å². The summed E-state index contributed by atoms with van der Waals surface area (Å²) in [4.78, 5) is 0. The molecular weight excluding hydrogens is 252 g/mol. The van der Waals surface area contributed by atoms with Gasteiger partial charge in [-0.1, -0.05) is 24.3 Å². The van der Waals surface area contributed by atoms with Gasteiger partial charge in [0.25, 0.3) is 0 Å². The van der Waals surface area contributed by atoms with E-state index in [-0.39, 0.29) is 6.10 Å². The molecule has 1 nitrogen and oxygen atoms in total. The van der Waals surface area contributed by atoms with Gasteiger partial charge in [-0.05, 0) is 71.5 Å². The fourth-order valence-corrected chi connectivity index (χ4v) is 3.87. The van der Waals surface area contributed by atoms with Gasteiger partial charge in [0.15, 0.2) is 0 Å². The van der Waals surface area contributed by atoms with E-state index in [9.17, 15) is 5.11 Å². The van der Waals surface area contributed by atoms with Crippen LogP contribution in [0.15, 0.2) is 41.1 Å². The van der Waals surface area contributed by atoms with Gasteiger partial charge in [-0.3, -0.25) is 0 Å². The van der Waals surface area contributed by atoms with Crippen LogP contribution in [-0.4, -0.2) is 11.2 Å². The highest BCUT2D eigenvalue weighted by Gasteiger charge is 2.22. The van der Waals surface area contributed by atoms with Gasteiger partial charge >= 0.3 is 0 Å². The van der Waals surface area contributed by atoms with Crippen LogP contribution in [0.25, 0.3) is 0 Å². The molecule has 1 aromatic heterocycles. The Hall–Kier alpha value is -1.12. The quantitative estimate of drug-likeness (QED) is 0.886. The van der Waals surface area contributed by atoms with Gasteiger partial charge < -0.3 is 5.11 Å². The van der Waals surface area contributed by atoms with Crippen molar-refractivity contribution in [3.63, 3.8) is 0 Å². The van der Waals surface area contributed by atoms with Gasteiger partial charge in [0.2, 0.25) is 0 Å². The highest BCUT2D eigenvalue weighted by Crippen LogP contribution is 2.35. The molecule has 0 saturated carbocycles. The Morgan fingerprint density at radius 3 is 3.00 bits per heavy atom. The number of rotatable bonds is 4. The summed E-state index contributed by atoms with van der Waals surface area (Å²) >= 11 is 1.71. The van der Waals surface area contributed by atoms with Crippen LogP contribution < -0.4 is 0 Å². The first-order valence-electron chi connectivity index (χ1n) is 7.10. The molecule has 0 aliphatic heterocycles. The van der Waals surface area contributed by atoms with Crippen molar-refractivity contribution < 1.29 is 5.11 Å². The Bertz CT molecular complexity index is 518. The lowest BCUT2D eigenvalue weighted by Crippen LogP contribution is -2.18. The molecule has 3 rings (SSSR count). The van der Waals surface area contributed by atoms with Gasteiger partial charge in [0.05, 0.1) is 6.10 Å². The molecule has 0 saturated heterocycles. The normalized spacial score (nSPS) is 19.9. The molecule has 100 valence electrons. The number of aryl methyl sites for hydroxylation is 1. The second kappa shape index (κ2) is 5.89. The van der Waals surface area contributed by atoms with Crippen molar-refractivity contribution in [2.24, 2.45) is 0 Å². The van der Waals surface area contributed by atoms with Crippen molar-refractivity contribution in [1.29, 1.82) is 0 Å². The summed E-state index contributed by atoms with van der Waals surface area (Å²) in [5.74, 6) is 0.540. The molecule has 2 atom stereocenters. The molecule has 0 fully saturated rings. The van der Waals surface area contributed by atoms with E-state index >= 15 is 0 Å². The maximum atomic E-state index is 10.3. The smallest absolute Gasteiger partial charge is 0.0586 e. The van der Waals surface area contributed by atoms with Crippen molar-refractivity contribution in [3.8, 4) is 0 Å². The molecule has 0 bridgehead atoms. The average Bonchev–Trinajstić information content (AvgIpc) is 2.92. The van der Waals surface area contributed by atoms with E-state index in [1.54, 1.807) is 11.3 Å². The molecule has 19 heavy (non-hydrogen) atoms. The summed E-state index contributed by atoms with van der Waals surface area (Å²) in [6, 6.07) is 10.9. The van der Waals surface area contributed by atoms with Crippen LogP contribution in [0.4, 0.5) is 0 Å². The molecule has 2 unspecified atom stereocenters. The molecule has 0 spiro atoms. The second-order valence-electron chi connectivity index (χ2n) is 5.51. The number of hydrogen-bond acceptors (Lipinski definition) is 2. The summed E-state index contributed by atoms with van der Waals surface area (Å²) in [6.07, 6.45) is 5.15. The van der Waals surface area contributed by atoms with Gasteiger partial charge in [0, 0.05) is 0 Å². The fourth-order valence-electron chi connectivity index (χ4n) is 3.19. The first kappa shape index (κ1) is 12.9. The third-order valence-electron chi connectivity index (χ3n) is 4.10. The predicted molar refractivity (Wildman–Crippen MR) is 80.8 cm³/mol. The SMILES string of the molecule is OC(Cc1ccsc1)CC1CCCc2ccccc21. The minimum Gasteiger partial charge on any atom is -0.393 e. The maximum Gasteiger partial charge on any atom is 0.0586 e. The molecule has 1 aliphatic rings. The lowest BCUT2D eigenvalue weighted by atomic mass is 9.79. The zero-order chi connectivity index (χ0) is 13.1. The zero-order valence-electron chi connectivity index (χ0n) is 11.1. The van der Waals surface area contributed by atoms with Crippen molar-refractivity contribution >= 4 is 11.3 Å². The number of fused-ring (bicyclic) bond motifs is 1. The number of aliphatic hydroxyl groups is 1. The topological polar surface area (TPSA) is 20.2 Å². The van der Waals surface area contributed by atoms with Gasteiger partial charge in [0.1, 0.15) is 0 Å². The van der Waals surface area contributed by atoms with Crippen LogP contribution in [0.3, 0.4) is 0 Å². The van der Waals surface area contributed by atoms with E-state index in [0.717, 1.165) is 12.8 Å². The van der Waals surface area contributed by atoms with Gasteiger partial charge in [-0.25, -0.2) is 0 Å². The van der Waals surface area contributed by atoms with Gasteiger partial charge in [-0.2, -0.15) is 11.3 Å². The van der Waals surface area contributed by atoms with E-state index in [2.05, 4.69) is 41.1 Å². The molecule has 2 heteroatoms. The highest BCUT2D eigenvalue weighted by atomic mass is 32.1. The van der Waals surface area contributed by atoms with Crippen molar-refractivity contribution in [2.45, 2.75) is 44.1 Å². The van der Waals surface area contributed by atoms with E-state index in [4.69, 9.17) is 0 Å². The Morgan fingerprint density at radius 1 is 1.26 bits per heavy atom. The Labute approximate surface area is 118 Å². The van der Waals surface area contributed by atoms with E-state index < -0.39 is 0 Å². The number of benzene rings is 1. The Morgan fingerprint density at radius 2 is 2.16 bits per heavy atom. The zero-order valence-corrected chi connectivity index (χ0v) is 11.9. The summed E-state index contributed by atoms with van der Waals surface area (Å²) < 4.78 is 0. The first-order valence-corrected chi connectivity index (χ1v) is 8.04. The molecular formula is C17H20OS. The Kier molecular flexibility index (Phi) is 4.00. The molecule has 1 heterocycles. The van der Waals surface area contributed by atoms with Crippen molar-refractivity contribution in [3.05, 3.63) is 57.8 Å². The minimum atomic E-state index is -0.217. The number of aliphatic hydroxyl groups excluding tert-OH is 1. The number of thiophene rings is 1. The highest BCUT2D eigenvalue weighted by molar-refractivity contribution is 7.07. The van der Waals surface area contributed by atoms with Crippen LogP contribution in [0.2, 0.25) is 0 Å². The van der Waals surface area contributed by atoms with Crippen molar-refractivity contribution in [1.82, 2.24) is 0 Å². The second-order valence-corrected chi connectivity index (χ2v) is 6.29. The van der Waals surface area contributed by atoms with Crippen LogP contribution in [0.1, 0.15) is 41.9 Å². The van der Waals surface area contributed by atoms with Crippen LogP contribution >= 0.6 is 11.3 Å². The summed E-state index contributed by atoms with van der Waals surface area (Å²) in [5, 5.41) is 14.5. The third kappa shape index (κ3) is 3.07. The van der Waals surface area contributed by atoms with E-state index in [1.807, 2.05) is 0 Å². The van der Waals surface area contributed by atoms with Crippen molar-refractivity contribution in [2.75, 3.05) is 0 Å².